The third kappa shape index (κ3) is 3.51. The van der Waals surface area contributed by atoms with Crippen LogP contribution in [-0.2, 0) is 6.61 Å². The van der Waals surface area contributed by atoms with E-state index in [9.17, 15) is 4.79 Å². The molecule has 5 heteroatoms. The second-order valence-corrected chi connectivity index (χ2v) is 4.26. The number of hydrogen-bond acceptors (Lipinski definition) is 4. The lowest BCUT2D eigenvalue weighted by atomic mass is 10.1. The van der Waals surface area contributed by atoms with E-state index < -0.39 is 5.97 Å². The van der Waals surface area contributed by atoms with Crippen molar-refractivity contribution in [2.24, 2.45) is 0 Å². The molecular weight excluding hydrogens is 270 g/mol. The van der Waals surface area contributed by atoms with Gasteiger partial charge in [0.15, 0.2) is 0 Å². The molecule has 2 rings (SSSR count). The third-order valence-electron chi connectivity index (χ3n) is 2.88. The first kappa shape index (κ1) is 14.4. The summed E-state index contributed by atoms with van der Waals surface area (Å²) < 4.78 is 10.8. The second-order valence-electron chi connectivity index (χ2n) is 4.26. The van der Waals surface area contributed by atoms with Gasteiger partial charge in [-0.2, -0.15) is 5.26 Å². The molecule has 0 aliphatic rings. The molecule has 106 valence electrons. The number of carboxylic acids is 1. The van der Waals surface area contributed by atoms with Gasteiger partial charge in [0.05, 0.1) is 24.3 Å². The van der Waals surface area contributed by atoms with Crippen LogP contribution in [0.25, 0.3) is 0 Å². The SMILES string of the molecule is COc1ccc(C#N)cc1COc1cccc(C(=O)O)c1. The van der Waals surface area contributed by atoms with Crippen molar-refractivity contribution >= 4 is 5.97 Å². The summed E-state index contributed by atoms with van der Waals surface area (Å²) in [7, 11) is 1.54. The maximum absolute atomic E-state index is 10.9. The lowest BCUT2D eigenvalue weighted by Crippen LogP contribution is -2.01. The van der Waals surface area contributed by atoms with Crippen LogP contribution in [0.2, 0.25) is 0 Å². The van der Waals surface area contributed by atoms with E-state index in [-0.39, 0.29) is 12.2 Å². The van der Waals surface area contributed by atoms with E-state index in [0.717, 1.165) is 5.56 Å². The van der Waals surface area contributed by atoms with E-state index in [1.54, 1.807) is 30.3 Å². The van der Waals surface area contributed by atoms with Crippen LogP contribution in [-0.4, -0.2) is 18.2 Å². The van der Waals surface area contributed by atoms with Gasteiger partial charge in [-0.3, -0.25) is 0 Å². The molecule has 0 unspecified atom stereocenters. The number of nitrogens with zero attached hydrogens (tertiary/aromatic N) is 1. The number of aromatic carboxylic acids is 1. The summed E-state index contributed by atoms with van der Waals surface area (Å²) in [6.07, 6.45) is 0. The maximum Gasteiger partial charge on any atom is 0.335 e. The minimum absolute atomic E-state index is 0.158. The summed E-state index contributed by atoms with van der Waals surface area (Å²) in [4.78, 5) is 10.9. The first-order valence-electron chi connectivity index (χ1n) is 6.17. The molecule has 2 aromatic carbocycles. The Hall–Kier alpha value is -3.00. The number of methoxy groups -OCH3 is 1. The number of carbonyl (C=O) groups is 1. The molecule has 0 heterocycles. The molecule has 5 nitrogen and oxygen atoms in total. The molecule has 21 heavy (non-hydrogen) atoms. The molecule has 1 N–H and O–H groups in total. The zero-order valence-electron chi connectivity index (χ0n) is 11.4. The van der Waals surface area contributed by atoms with Crippen molar-refractivity contribution in [2.45, 2.75) is 6.61 Å². The highest BCUT2D eigenvalue weighted by atomic mass is 16.5. The van der Waals surface area contributed by atoms with Crippen LogP contribution >= 0.6 is 0 Å². The highest BCUT2D eigenvalue weighted by Gasteiger charge is 2.07. The van der Waals surface area contributed by atoms with Crippen molar-refractivity contribution in [1.29, 1.82) is 5.26 Å². The fourth-order valence-electron chi connectivity index (χ4n) is 1.84. The summed E-state index contributed by atoms with van der Waals surface area (Å²) in [5.74, 6) is 0.0483. The number of hydrogen-bond donors (Lipinski definition) is 1. The molecule has 0 atom stereocenters. The first-order chi connectivity index (χ1) is 10.1. The zero-order chi connectivity index (χ0) is 15.2. The van der Waals surface area contributed by atoms with Crippen molar-refractivity contribution in [2.75, 3.05) is 7.11 Å². The smallest absolute Gasteiger partial charge is 0.335 e. The third-order valence-corrected chi connectivity index (χ3v) is 2.88. The molecule has 0 saturated carbocycles. The Morgan fingerprint density at radius 2 is 2.10 bits per heavy atom. The average Bonchev–Trinajstić information content (AvgIpc) is 2.52. The highest BCUT2D eigenvalue weighted by molar-refractivity contribution is 5.87. The van der Waals surface area contributed by atoms with Gasteiger partial charge in [-0.25, -0.2) is 4.79 Å². The molecule has 0 aliphatic carbocycles. The normalized spacial score (nSPS) is 9.71. The number of ether oxygens (including phenoxy) is 2. The van der Waals surface area contributed by atoms with Gasteiger partial charge in [-0.05, 0) is 36.4 Å². The van der Waals surface area contributed by atoms with Gasteiger partial charge in [-0.1, -0.05) is 6.07 Å². The Labute approximate surface area is 122 Å². The van der Waals surface area contributed by atoms with Gasteiger partial charge in [-0.15, -0.1) is 0 Å². The van der Waals surface area contributed by atoms with Crippen LogP contribution in [0.4, 0.5) is 0 Å². The summed E-state index contributed by atoms with van der Waals surface area (Å²) >= 11 is 0. The van der Waals surface area contributed by atoms with E-state index in [4.69, 9.17) is 19.8 Å². The average molecular weight is 283 g/mol. The van der Waals surface area contributed by atoms with Gasteiger partial charge in [0.2, 0.25) is 0 Å². The summed E-state index contributed by atoms with van der Waals surface area (Å²) in [5, 5.41) is 17.8. The summed E-state index contributed by atoms with van der Waals surface area (Å²) in [5.41, 5.74) is 1.39. The monoisotopic (exact) mass is 283 g/mol. The summed E-state index contributed by atoms with van der Waals surface area (Å²) in [6.45, 7) is 0.182. The number of benzene rings is 2. The zero-order valence-corrected chi connectivity index (χ0v) is 11.4. The number of carboxylic acid groups (broad SMARTS) is 1. The Morgan fingerprint density at radius 1 is 1.29 bits per heavy atom. The van der Waals surface area contributed by atoms with Crippen molar-refractivity contribution in [3.05, 3.63) is 59.2 Å². The molecule has 0 saturated heterocycles. The van der Waals surface area contributed by atoms with Gasteiger partial charge < -0.3 is 14.6 Å². The molecule has 2 aromatic rings. The van der Waals surface area contributed by atoms with E-state index in [0.29, 0.717) is 17.1 Å². The lowest BCUT2D eigenvalue weighted by Gasteiger charge is -2.11. The van der Waals surface area contributed by atoms with E-state index >= 15 is 0 Å². The fraction of sp³-hybridized carbons (Fsp3) is 0.125. The van der Waals surface area contributed by atoms with Crippen LogP contribution in [0, 0.1) is 11.3 Å². The molecule has 0 amide bonds. The van der Waals surface area contributed by atoms with Crippen molar-refractivity contribution in [1.82, 2.24) is 0 Å². The first-order valence-corrected chi connectivity index (χ1v) is 6.17. The van der Waals surface area contributed by atoms with Crippen LogP contribution < -0.4 is 9.47 Å². The minimum atomic E-state index is -1.01. The van der Waals surface area contributed by atoms with Crippen LogP contribution in [0.1, 0.15) is 21.5 Å². The quantitative estimate of drug-likeness (QED) is 0.912. The lowest BCUT2D eigenvalue weighted by molar-refractivity contribution is 0.0696. The molecular formula is C16H13NO4. The molecule has 0 aliphatic heterocycles. The van der Waals surface area contributed by atoms with Crippen LogP contribution in [0.15, 0.2) is 42.5 Å². The molecule has 0 fully saturated rings. The van der Waals surface area contributed by atoms with Gasteiger partial charge in [0.1, 0.15) is 18.1 Å². The standard InChI is InChI=1S/C16H13NO4/c1-20-15-6-5-11(9-17)7-13(15)10-21-14-4-2-3-12(8-14)16(18)19/h2-8H,10H2,1H3,(H,18,19). The van der Waals surface area contributed by atoms with Crippen molar-refractivity contribution in [3.63, 3.8) is 0 Å². The minimum Gasteiger partial charge on any atom is -0.496 e. The number of nitriles is 1. The van der Waals surface area contributed by atoms with E-state index in [2.05, 4.69) is 6.07 Å². The highest BCUT2D eigenvalue weighted by Crippen LogP contribution is 2.22. The second kappa shape index (κ2) is 6.44. The molecule has 0 aromatic heterocycles. The van der Waals surface area contributed by atoms with Crippen molar-refractivity contribution < 1.29 is 19.4 Å². The van der Waals surface area contributed by atoms with Gasteiger partial charge >= 0.3 is 5.97 Å². The molecule has 0 bridgehead atoms. The molecule has 0 spiro atoms. The van der Waals surface area contributed by atoms with E-state index in [1.807, 2.05) is 0 Å². The van der Waals surface area contributed by atoms with Crippen LogP contribution in [0.3, 0.4) is 0 Å². The van der Waals surface area contributed by atoms with Gasteiger partial charge in [0, 0.05) is 5.56 Å². The molecule has 0 radical (unpaired) electrons. The Morgan fingerprint density at radius 3 is 2.76 bits per heavy atom. The topological polar surface area (TPSA) is 79.5 Å². The number of rotatable bonds is 5. The van der Waals surface area contributed by atoms with Gasteiger partial charge in [0.25, 0.3) is 0 Å². The largest absolute Gasteiger partial charge is 0.496 e. The van der Waals surface area contributed by atoms with E-state index in [1.165, 1.54) is 19.2 Å². The predicted molar refractivity (Wildman–Crippen MR) is 75.4 cm³/mol. The Kier molecular flexibility index (Phi) is 4.42. The predicted octanol–water partition coefficient (Wildman–Crippen LogP) is 2.84. The Balaban J connectivity index is 2.18. The Bertz CT molecular complexity index is 704. The van der Waals surface area contributed by atoms with Crippen molar-refractivity contribution in [3.8, 4) is 17.6 Å². The van der Waals surface area contributed by atoms with Crippen LogP contribution in [0.5, 0.6) is 11.5 Å². The maximum atomic E-state index is 10.9. The summed E-state index contributed by atoms with van der Waals surface area (Å²) in [6, 6.07) is 13.3. The fourth-order valence-corrected chi connectivity index (χ4v) is 1.84.